The lowest BCUT2D eigenvalue weighted by molar-refractivity contribution is -0.121. The number of hydrogen-bond donors (Lipinski definition) is 0. The molecule has 0 unspecified atom stereocenters. The van der Waals surface area contributed by atoms with Crippen LogP contribution in [0.15, 0.2) is 44.6 Å². The number of benzene rings is 1. The fourth-order valence-corrected chi connectivity index (χ4v) is 3.41. The highest BCUT2D eigenvalue weighted by Gasteiger charge is 2.30. The van der Waals surface area contributed by atoms with Crippen molar-refractivity contribution in [2.24, 2.45) is 4.99 Å². The van der Waals surface area contributed by atoms with Gasteiger partial charge in [0.1, 0.15) is 11.5 Å². The second-order valence-electron chi connectivity index (χ2n) is 5.10. The molecule has 0 atom stereocenters. The molecule has 1 aliphatic rings. The van der Waals surface area contributed by atoms with Crippen LogP contribution >= 0.6 is 23.4 Å². The molecule has 1 aliphatic heterocycles. The molecule has 118 valence electrons. The first-order valence-electron chi connectivity index (χ1n) is 7.01. The first-order chi connectivity index (χ1) is 11.0. The van der Waals surface area contributed by atoms with Crippen LogP contribution in [0.2, 0.25) is 5.02 Å². The van der Waals surface area contributed by atoms with E-state index >= 15 is 0 Å². The monoisotopic (exact) mass is 346 g/mol. The summed E-state index contributed by atoms with van der Waals surface area (Å²) in [4.78, 5) is 18.4. The standard InChI is InChI=1S/C17H15ClN2O2S/c1-10-12(5-4-6-13(10)18)14-8-7-11(22-14)9-15-16(21)20(3)17(19-2)23-15/h4-9H,1-3H3/b15-9+,19-17?. The molecule has 0 radical (unpaired) electrons. The van der Waals surface area contributed by atoms with Crippen molar-refractivity contribution in [1.29, 1.82) is 0 Å². The molecule has 6 heteroatoms. The molecule has 1 amide bonds. The van der Waals surface area contributed by atoms with Gasteiger partial charge in [-0.2, -0.15) is 0 Å². The molecule has 0 bridgehead atoms. The van der Waals surface area contributed by atoms with Crippen LogP contribution in [0.1, 0.15) is 11.3 Å². The summed E-state index contributed by atoms with van der Waals surface area (Å²) in [6.07, 6.45) is 1.74. The van der Waals surface area contributed by atoms with Gasteiger partial charge in [0.05, 0.1) is 4.91 Å². The maximum absolute atomic E-state index is 12.2. The lowest BCUT2D eigenvalue weighted by Gasteiger charge is -2.05. The summed E-state index contributed by atoms with van der Waals surface area (Å²) in [5, 5.41) is 1.38. The second-order valence-corrected chi connectivity index (χ2v) is 6.51. The Bertz CT molecular complexity index is 839. The Morgan fingerprint density at radius 1 is 1.30 bits per heavy atom. The third kappa shape index (κ3) is 2.94. The summed E-state index contributed by atoms with van der Waals surface area (Å²) < 4.78 is 5.86. The Morgan fingerprint density at radius 3 is 2.78 bits per heavy atom. The van der Waals surface area contributed by atoms with Gasteiger partial charge in [-0.15, -0.1) is 0 Å². The molecule has 2 heterocycles. The largest absolute Gasteiger partial charge is 0.457 e. The highest BCUT2D eigenvalue weighted by Crippen LogP contribution is 2.34. The molecular weight excluding hydrogens is 332 g/mol. The molecule has 3 rings (SSSR count). The van der Waals surface area contributed by atoms with Crippen molar-refractivity contribution in [1.82, 2.24) is 4.90 Å². The number of furan rings is 1. The Balaban J connectivity index is 1.93. The van der Waals surface area contributed by atoms with Crippen LogP contribution < -0.4 is 0 Å². The number of hydrogen-bond acceptors (Lipinski definition) is 4. The number of carbonyl (C=O) groups is 1. The van der Waals surface area contributed by atoms with Gasteiger partial charge in [-0.05, 0) is 42.4 Å². The van der Waals surface area contributed by atoms with Crippen molar-refractivity contribution in [2.45, 2.75) is 6.92 Å². The average molecular weight is 347 g/mol. The molecule has 4 nitrogen and oxygen atoms in total. The topological polar surface area (TPSA) is 45.8 Å². The lowest BCUT2D eigenvalue weighted by atomic mass is 10.1. The van der Waals surface area contributed by atoms with Crippen molar-refractivity contribution in [3.63, 3.8) is 0 Å². The molecule has 23 heavy (non-hydrogen) atoms. The van der Waals surface area contributed by atoms with Gasteiger partial charge in [-0.1, -0.05) is 23.7 Å². The van der Waals surface area contributed by atoms with E-state index in [0.29, 0.717) is 20.9 Å². The molecule has 1 aromatic heterocycles. The molecule has 2 aromatic rings. The third-order valence-corrected chi connectivity index (χ3v) is 5.19. The maximum Gasteiger partial charge on any atom is 0.266 e. The van der Waals surface area contributed by atoms with E-state index in [2.05, 4.69) is 4.99 Å². The minimum absolute atomic E-state index is 0.0764. The Kier molecular flexibility index (Phi) is 4.33. The van der Waals surface area contributed by atoms with E-state index in [0.717, 1.165) is 16.9 Å². The van der Waals surface area contributed by atoms with Gasteiger partial charge in [-0.25, -0.2) is 0 Å². The second kappa shape index (κ2) is 6.26. The van der Waals surface area contributed by atoms with Crippen LogP contribution in [0.25, 0.3) is 17.4 Å². The molecule has 0 spiro atoms. The summed E-state index contributed by atoms with van der Waals surface area (Å²) in [6.45, 7) is 1.95. The van der Waals surface area contributed by atoms with Gasteiger partial charge in [-0.3, -0.25) is 14.7 Å². The highest BCUT2D eigenvalue weighted by molar-refractivity contribution is 8.18. The molecular formula is C17H15ClN2O2S. The first kappa shape index (κ1) is 15.9. The normalized spacial score (nSPS) is 18.4. The smallest absolute Gasteiger partial charge is 0.266 e. The van der Waals surface area contributed by atoms with Crippen molar-refractivity contribution in [3.8, 4) is 11.3 Å². The van der Waals surface area contributed by atoms with Gasteiger partial charge in [0.15, 0.2) is 5.17 Å². The summed E-state index contributed by atoms with van der Waals surface area (Å²) in [7, 11) is 3.38. The number of rotatable bonds is 2. The fourth-order valence-electron chi connectivity index (χ4n) is 2.33. The molecule has 1 saturated heterocycles. The minimum Gasteiger partial charge on any atom is -0.457 e. The number of likely N-dealkylation sites (N-methyl/N-ethyl adjacent to an activating group) is 1. The zero-order valence-electron chi connectivity index (χ0n) is 13.0. The number of amides is 1. The van der Waals surface area contributed by atoms with E-state index in [-0.39, 0.29) is 5.91 Å². The van der Waals surface area contributed by atoms with Gasteiger partial charge >= 0.3 is 0 Å². The molecule has 0 aliphatic carbocycles. The van der Waals surface area contributed by atoms with Gasteiger partial charge in [0.25, 0.3) is 5.91 Å². The molecule has 1 fully saturated rings. The van der Waals surface area contributed by atoms with E-state index in [1.165, 1.54) is 16.7 Å². The molecule has 0 N–H and O–H groups in total. The lowest BCUT2D eigenvalue weighted by Crippen LogP contribution is -2.23. The predicted molar refractivity (Wildman–Crippen MR) is 95.6 cm³/mol. The summed E-state index contributed by atoms with van der Waals surface area (Å²) in [5.74, 6) is 1.28. The van der Waals surface area contributed by atoms with E-state index in [4.69, 9.17) is 16.0 Å². The van der Waals surface area contributed by atoms with Crippen LogP contribution in [0.3, 0.4) is 0 Å². The van der Waals surface area contributed by atoms with Crippen LogP contribution in [-0.4, -0.2) is 30.1 Å². The quantitative estimate of drug-likeness (QED) is 0.755. The first-order valence-corrected chi connectivity index (χ1v) is 8.20. The minimum atomic E-state index is -0.0764. The number of thioether (sulfide) groups is 1. The zero-order chi connectivity index (χ0) is 16.6. The fraction of sp³-hybridized carbons (Fsp3) is 0.176. The van der Waals surface area contributed by atoms with Crippen LogP contribution in [-0.2, 0) is 4.79 Å². The molecule has 1 aromatic carbocycles. The summed E-state index contributed by atoms with van der Waals surface area (Å²) in [5.41, 5.74) is 1.91. The average Bonchev–Trinajstić information content (AvgIpc) is 3.10. The van der Waals surface area contributed by atoms with Crippen molar-refractivity contribution < 1.29 is 9.21 Å². The predicted octanol–water partition coefficient (Wildman–Crippen LogP) is 4.44. The number of carbonyl (C=O) groups excluding carboxylic acids is 1. The van der Waals surface area contributed by atoms with Crippen molar-refractivity contribution in [3.05, 3.63) is 51.6 Å². The van der Waals surface area contributed by atoms with Crippen molar-refractivity contribution >= 4 is 40.5 Å². The van der Waals surface area contributed by atoms with Gasteiger partial charge in [0.2, 0.25) is 0 Å². The zero-order valence-corrected chi connectivity index (χ0v) is 14.5. The van der Waals surface area contributed by atoms with Crippen LogP contribution in [0.4, 0.5) is 0 Å². The van der Waals surface area contributed by atoms with Crippen LogP contribution in [0.5, 0.6) is 0 Å². The van der Waals surface area contributed by atoms with Crippen LogP contribution in [0, 0.1) is 6.92 Å². The van der Waals surface area contributed by atoms with E-state index in [1.807, 2.05) is 37.3 Å². The van der Waals surface area contributed by atoms with Crippen molar-refractivity contribution in [2.75, 3.05) is 14.1 Å². The Labute approximate surface area is 143 Å². The third-order valence-electron chi connectivity index (χ3n) is 3.63. The van der Waals surface area contributed by atoms with Gasteiger partial charge < -0.3 is 4.42 Å². The SMILES string of the molecule is CN=C1S/C(=C/c2ccc(-c3cccc(Cl)c3C)o2)C(=O)N1C. The number of halogens is 1. The molecule has 0 saturated carbocycles. The number of amidine groups is 1. The number of nitrogens with zero attached hydrogens (tertiary/aromatic N) is 2. The van der Waals surface area contributed by atoms with E-state index in [1.54, 1.807) is 20.2 Å². The van der Waals surface area contributed by atoms with E-state index < -0.39 is 0 Å². The Hall–Kier alpha value is -1.98. The Morgan fingerprint density at radius 2 is 2.09 bits per heavy atom. The van der Waals surface area contributed by atoms with Gasteiger partial charge in [0, 0.05) is 30.8 Å². The summed E-state index contributed by atoms with van der Waals surface area (Å²) >= 11 is 7.49. The maximum atomic E-state index is 12.2. The number of aliphatic imine (C=N–C) groups is 1. The van der Waals surface area contributed by atoms with E-state index in [9.17, 15) is 4.79 Å². The highest BCUT2D eigenvalue weighted by atomic mass is 35.5. The summed E-state index contributed by atoms with van der Waals surface area (Å²) in [6, 6.07) is 9.43.